The molecule has 0 spiro atoms. The van der Waals surface area contributed by atoms with E-state index in [1.807, 2.05) is 0 Å². The molecule has 13 heteroatoms. The third kappa shape index (κ3) is 4.45. The van der Waals surface area contributed by atoms with Gasteiger partial charge in [0.25, 0.3) is 11.6 Å². The zero-order valence-corrected chi connectivity index (χ0v) is 18.1. The monoisotopic (exact) mass is 485 g/mol. The molecular weight excluding hydrogens is 466 g/mol. The number of nitro benzene ring substituents is 1. The lowest BCUT2D eigenvalue weighted by Crippen LogP contribution is -2.49. The normalized spacial score (nSPS) is 13.6. The van der Waals surface area contributed by atoms with Crippen molar-refractivity contribution in [3.8, 4) is 5.75 Å². The van der Waals surface area contributed by atoms with E-state index in [2.05, 4.69) is 4.74 Å². The quantitative estimate of drug-likeness (QED) is 0.203. The van der Waals surface area contributed by atoms with Gasteiger partial charge in [0.15, 0.2) is 17.4 Å². The number of halogens is 4. The Morgan fingerprint density at radius 2 is 1.62 bits per heavy atom. The minimum Gasteiger partial charge on any atom is -0.491 e. The second-order valence-corrected chi connectivity index (χ2v) is 7.12. The van der Waals surface area contributed by atoms with Crippen molar-refractivity contribution in [1.29, 1.82) is 0 Å². The number of nitrogens with zero attached hydrogens (tertiary/aromatic N) is 3. The van der Waals surface area contributed by atoms with E-state index >= 15 is 0 Å². The minimum atomic E-state index is -1.88. The van der Waals surface area contributed by atoms with Crippen LogP contribution in [0.5, 0.6) is 5.75 Å². The van der Waals surface area contributed by atoms with Crippen molar-refractivity contribution in [1.82, 2.24) is 4.90 Å². The van der Waals surface area contributed by atoms with E-state index in [0.717, 1.165) is 18.1 Å². The molecule has 0 radical (unpaired) electrons. The number of hydrogen-bond donors (Lipinski definition) is 0. The Kier molecular flexibility index (Phi) is 7.23. The molecule has 2 aromatic carbocycles. The third-order valence-electron chi connectivity index (χ3n) is 5.23. The minimum absolute atomic E-state index is 0.00961. The summed E-state index contributed by atoms with van der Waals surface area (Å²) in [5, 5.41) is 11.5. The Bertz CT molecular complexity index is 1120. The number of anilines is 1. The number of piperazine rings is 1. The van der Waals surface area contributed by atoms with Crippen LogP contribution in [0.15, 0.2) is 18.2 Å². The van der Waals surface area contributed by atoms with E-state index in [4.69, 9.17) is 4.74 Å². The van der Waals surface area contributed by atoms with Crippen molar-refractivity contribution in [3.05, 3.63) is 62.7 Å². The summed E-state index contributed by atoms with van der Waals surface area (Å²) in [4.78, 5) is 37.9. The van der Waals surface area contributed by atoms with E-state index in [1.165, 1.54) is 12.1 Å². The second-order valence-electron chi connectivity index (χ2n) is 7.12. The molecular formula is C21H19F4N3O6. The highest BCUT2D eigenvalue weighted by molar-refractivity contribution is 5.95. The van der Waals surface area contributed by atoms with Crippen molar-refractivity contribution < 1.29 is 41.5 Å². The Balaban J connectivity index is 1.82. The first-order chi connectivity index (χ1) is 16.1. The smallest absolute Gasteiger partial charge is 0.338 e. The molecule has 0 N–H and O–H groups in total. The van der Waals surface area contributed by atoms with E-state index in [1.54, 1.807) is 11.8 Å². The van der Waals surface area contributed by atoms with Crippen LogP contribution in [0.2, 0.25) is 0 Å². The number of esters is 1. The maximum absolute atomic E-state index is 14.3. The summed E-state index contributed by atoms with van der Waals surface area (Å²) in [5.74, 6) is -10.7. The fourth-order valence-electron chi connectivity index (χ4n) is 3.57. The van der Waals surface area contributed by atoms with Crippen molar-refractivity contribution in [2.24, 2.45) is 0 Å². The van der Waals surface area contributed by atoms with Gasteiger partial charge in [0, 0.05) is 32.2 Å². The van der Waals surface area contributed by atoms with Crippen LogP contribution < -0.4 is 9.64 Å². The molecule has 0 saturated carbocycles. The topological polar surface area (TPSA) is 102 Å². The van der Waals surface area contributed by atoms with Gasteiger partial charge < -0.3 is 19.3 Å². The van der Waals surface area contributed by atoms with Gasteiger partial charge in [-0.2, -0.15) is 8.78 Å². The molecule has 9 nitrogen and oxygen atoms in total. The Labute approximate surface area is 190 Å². The molecule has 0 aliphatic carbocycles. The van der Waals surface area contributed by atoms with Gasteiger partial charge in [-0.15, -0.1) is 0 Å². The lowest BCUT2D eigenvalue weighted by atomic mass is 10.1. The molecule has 34 heavy (non-hydrogen) atoms. The Morgan fingerprint density at radius 1 is 1.03 bits per heavy atom. The number of benzene rings is 2. The first kappa shape index (κ1) is 24.7. The molecule has 0 bridgehead atoms. The van der Waals surface area contributed by atoms with Crippen molar-refractivity contribution in [3.63, 3.8) is 0 Å². The summed E-state index contributed by atoms with van der Waals surface area (Å²) in [6, 6.07) is 3.78. The summed E-state index contributed by atoms with van der Waals surface area (Å²) in [6.07, 6.45) is 0. The van der Waals surface area contributed by atoms with Gasteiger partial charge in [-0.05, 0) is 19.1 Å². The van der Waals surface area contributed by atoms with Gasteiger partial charge in [0.1, 0.15) is 11.3 Å². The van der Waals surface area contributed by atoms with Crippen LogP contribution >= 0.6 is 0 Å². The number of nitro groups is 1. The molecule has 0 unspecified atom stereocenters. The maximum atomic E-state index is 14.3. The van der Waals surface area contributed by atoms with Crippen molar-refractivity contribution >= 4 is 23.3 Å². The van der Waals surface area contributed by atoms with Gasteiger partial charge >= 0.3 is 5.97 Å². The SMILES string of the molecule is CCOC(=O)c1ccc(N2CCN(C(=O)c3c(F)c(F)c(OC)c(F)c3F)CC2)c([N+](=O)[O-])c1. The van der Waals surface area contributed by atoms with Crippen molar-refractivity contribution in [2.75, 3.05) is 44.8 Å². The van der Waals surface area contributed by atoms with E-state index in [0.29, 0.717) is 0 Å². The molecule has 3 rings (SSSR count). The maximum Gasteiger partial charge on any atom is 0.338 e. The molecule has 1 aliphatic heterocycles. The fraction of sp³-hybridized carbons (Fsp3) is 0.333. The predicted octanol–water partition coefficient (Wildman–Crippen LogP) is 3.30. The summed E-state index contributed by atoms with van der Waals surface area (Å²) in [5.41, 5.74) is -1.62. The average Bonchev–Trinajstić information content (AvgIpc) is 2.83. The Hall–Kier alpha value is -3.90. The number of amides is 1. The zero-order valence-electron chi connectivity index (χ0n) is 18.1. The van der Waals surface area contributed by atoms with Crippen LogP contribution in [0.25, 0.3) is 0 Å². The molecule has 0 aromatic heterocycles. The fourth-order valence-corrected chi connectivity index (χ4v) is 3.57. The van der Waals surface area contributed by atoms with E-state index in [9.17, 15) is 37.3 Å². The van der Waals surface area contributed by atoms with Crippen LogP contribution in [0.4, 0.5) is 28.9 Å². The highest BCUT2D eigenvalue weighted by Crippen LogP contribution is 2.32. The summed E-state index contributed by atoms with van der Waals surface area (Å²) < 4.78 is 65.7. The van der Waals surface area contributed by atoms with Gasteiger partial charge in [-0.3, -0.25) is 14.9 Å². The summed E-state index contributed by atoms with van der Waals surface area (Å²) in [7, 11) is 0.819. The first-order valence-corrected chi connectivity index (χ1v) is 10.0. The van der Waals surface area contributed by atoms with Gasteiger partial charge in [-0.1, -0.05) is 0 Å². The molecule has 182 valence electrons. The Morgan fingerprint density at radius 3 is 2.12 bits per heavy atom. The van der Waals surface area contributed by atoms with Crippen molar-refractivity contribution in [2.45, 2.75) is 6.92 Å². The van der Waals surface area contributed by atoms with E-state index < -0.39 is 51.4 Å². The van der Waals surface area contributed by atoms with Crippen LogP contribution in [0, 0.1) is 33.4 Å². The zero-order chi connectivity index (χ0) is 25.2. The molecule has 1 fully saturated rings. The van der Waals surface area contributed by atoms with Gasteiger partial charge in [0.2, 0.25) is 11.6 Å². The number of ether oxygens (including phenoxy) is 2. The van der Waals surface area contributed by atoms with E-state index in [-0.39, 0.29) is 49.7 Å². The molecule has 1 saturated heterocycles. The van der Waals surface area contributed by atoms with Crippen LogP contribution in [-0.2, 0) is 4.74 Å². The largest absolute Gasteiger partial charge is 0.491 e. The van der Waals surface area contributed by atoms with Crippen LogP contribution in [0.3, 0.4) is 0 Å². The molecule has 1 amide bonds. The highest BCUT2D eigenvalue weighted by Gasteiger charge is 2.34. The highest BCUT2D eigenvalue weighted by atomic mass is 19.2. The molecule has 2 aromatic rings. The summed E-state index contributed by atoms with van der Waals surface area (Å²) >= 11 is 0. The third-order valence-corrected chi connectivity index (χ3v) is 5.23. The number of carbonyl (C=O) groups is 2. The lowest BCUT2D eigenvalue weighted by molar-refractivity contribution is -0.384. The number of hydrogen-bond acceptors (Lipinski definition) is 7. The number of carbonyl (C=O) groups excluding carboxylic acids is 2. The standard InChI is InChI=1S/C21H19F4N3O6/c1-3-34-21(30)11-4-5-12(13(10-11)28(31)32)26-6-8-27(9-7-26)20(29)14-15(22)17(24)19(33-2)18(25)16(14)23/h4-5,10H,3,6-9H2,1-2H3. The van der Waals surface area contributed by atoms with Gasteiger partial charge in [-0.25, -0.2) is 13.6 Å². The molecule has 1 aliphatic rings. The second kappa shape index (κ2) is 9.93. The number of rotatable bonds is 6. The predicted molar refractivity (Wildman–Crippen MR) is 110 cm³/mol. The summed E-state index contributed by atoms with van der Waals surface area (Å²) in [6.45, 7) is 1.40. The number of methoxy groups -OCH3 is 1. The average molecular weight is 485 g/mol. The van der Waals surface area contributed by atoms with Crippen LogP contribution in [-0.4, -0.2) is 61.6 Å². The first-order valence-electron chi connectivity index (χ1n) is 10.0. The molecule has 1 heterocycles. The lowest BCUT2D eigenvalue weighted by Gasteiger charge is -2.36. The van der Waals surface area contributed by atoms with Gasteiger partial charge in [0.05, 0.1) is 24.2 Å². The molecule has 0 atom stereocenters. The van der Waals surface area contributed by atoms with Crippen LogP contribution in [0.1, 0.15) is 27.6 Å².